The summed E-state index contributed by atoms with van der Waals surface area (Å²) < 4.78 is 14.6. The van der Waals surface area contributed by atoms with Crippen LogP contribution in [0.3, 0.4) is 0 Å². The Hall–Kier alpha value is -2.63. The predicted molar refractivity (Wildman–Crippen MR) is 74.1 cm³/mol. The number of benzene rings is 1. The van der Waals surface area contributed by atoms with Gasteiger partial charge >= 0.3 is 11.9 Å². The van der Waals surface area contributed by atoms with Crippen molar-refractivity contribution in [3.63, 3.8) is 0 Å². The summed E-state index contributed by atoms with van der Waals surface area (Å²) in [6, 6.07) is 5.69. The molecule has 0 spiro atoms. The number of methoxy groups -OCH3 is 2. The van der Waals surface area contributed by atoms with Crippen molar-refractivity contribution in [2.45, 2.75) is 13.8 Å². The van der Waals surface area contributed by atoms with E-state index in [0.717, 1.165) is 11.1 Å². The molecule has 0 aliphatic carbocycles. The molecule has 0 aliphatic heterocycles. The lowest BCUT2D eigenvalue weighted by Crippen LogP contribution is -2.10. The first-order valence-corrected chi connectivity index (χ1v) is 6.22. The van der Waals surface area contributed by atoms with Crippen molar-refractivity contribution in [2.75, 3.05) is 14.2 Å². The monoisotopic (exact) mass is 289 g/mol. The number of esters is 2. The van der Waals surface area contributed by atoms with Crippen LogP contribution in [-0.4, -0.2) is 31.1 Å². The lowest BCUT2D eigenvalue weighted by molar-refractivity contribution is 0.0527. The molecular formula is C15H15NO5. The molecule has 0 amide bonds. The molecule has 6 nitrogen and oxygen atoms in total. The van der Waals surface area contributed by atoms with E-state index in [1.54, 1.807) is 0 Å². The minimum atomic E-state index is -0.779. The number of carbonyl (C=O) groups excluding carboxylic acids is 2. The van der Waals surface area contributed by atoms with Crippen molar-refractivity contribution in [3.05, 3.63) is 40.8 Å². The van der Waals surface area contributed by atoms with E-state index in [1.165, 1.54) is 14.2 Å². The van der Waals surface area contributed by atoms with Crippen molar-refractivity contribution >= 4 is 11.9 Å². The van der Waals surface area contributed by atoms with Crippen LogP contribution in [0, 0.1) is 13.8 Å². The van der Waals surface area contributed by atoms with Gasteiger partial charge in [0.1, 0.15) is 0 Å². The molecule has 2 rings (SSSR count). The average molecular weight is 289 g/mol. The van der Waals surface area contributed by atoms with E-state index < -0.39 is 11.9 Å². The van der Waals surface area contributed by atoms with Gasteiger partial charge in [0.05, 0.1) is 14.2 Å². The van der Waals surface area contributed by atoms with E-state index in [0.29, 0.717) is 5.56 Å². The number of carbonyl (C=O) groups is 2. The van der Waals surface area contributed by atoms with Crippen LogP contribution in [0.15, 0.2) is 22.6 Å². The Labute approximate surface area is 121 Å². The second kappa shape index (κ2) is 5.78. The van der Waals surface area contributed by atoms with Crippen LogP contribution in [-0.2, 0) is 9.47 Å². The molecule has 0 aliphatic rings. The van der Waals surface area contributed by atoms with Crippen molar-refractivity contribution in [1.82, 2.24) is 4.98 Å². The lowest BCUT2D eigenvalue weighted by Gasteiger charge is -2.00. The summed E-state index contributed by atoms with van der Waals surface area (Å²) >= 11 is 0. The fourth-order valence-electron chi connectivity index (χ4n) is 2.01. The van der Waals surface area contributed by atoms with Gasteiger partial charge in [0, 0.05) is 5.56 Å². The smallest absolute Gasteiger partial charge is 0.376 e. The summed E-state index contributed by atoms with van der Waals surface area (Å²) in [5, 5.41) is 0. The van der Waals surface area contributed by atoms with Crippen LogP contribution in [0.5, 0.6) is 0 Å². The summed E-state index contributed by atoms with van der Waals surface area (Å²) in [6.45, 7) is 3.86. The normalized spacial score (nSPS) is 10.3. The molecule has 110 valence electrons. The molecule has 0 fully saturated rings. The van der Waals surface area contributed by atoms with Crippen LogP contribution in [0.2, 0.25) is 0 Å². The van der Waals surface area contributed by atoms with Crippen LogP contribution < -0.4 is 0 Å². The van der Waals surface area contributed by atoms with Gasteiger partial charge in [-0.25, -0.2) is 14.6 Å². The minimum Gasteiger partial charge on any atom is -0.464 e. The van der Waals surface area contributed by atoms with E-state index in [4.69, 9.17) is 4.42 Å². The van der Waals surface area contributed by atoms with Gasteiger partial charge in [-0.05, 0) is 26.0 Å². The summed E-state index contributed by atoms with van der Waals surface area (Å²) in [6.07, 6.45) is 0. The predicted octanol–water partition coefficient (Wildman–Crippen LogP) is 2.53. The largest absolute Gasteiger partial charge is 0.464 e. The summed E-state index contributed by atoms with van der Waals surface area (Å²) in [4.78, 5) is 27.4. The number of oxazole rings is 1. The molecule has 0 radical (unpaired) electrons. The van der Waals surface area contributed by atoms with Crippen LogP contribution in [0.4, 0.5) is 0 Å². The molecule has 0 unspecified atom stereocenters. The number of hydrogen-bond acceptors (Lipinski definition) is 6. The van der Waals surface area contributed by atoms with E-state index in [2.05, 4.69) is 14.5 Å². The minimum absolute atomic E-state index is 0.169. The van der Waals surface area contributed by atoms with Gasteiger partial charge in [0.2, 0.25) is 17.3 Å². The molecule has 6 heteroatoms. The fourth-order valence-corrected chi connectivity index (χ4v) is 2.01. The molecule has 0 saturated heterocycles. The van der Waals surface area contributed by atoms with E-state index in [9.17, 15) is 9.59 Å². The Balaban J connectivity index is 2.57. The fraction of sp³-hybridized carbons (Fsp3) is 0.267. The maximum Gasteiger partial charge on any atom is 0.376 e. The Kier molecular flexibility index (Phi) is 4.07. The Morgan fingerprint density at radius 1 is 1.00 bits per heavy atom. The van der Waals surface area contributed by atoms with Crippen LogP contribution in [0.1, 0.15) is 32.2 Å². The Morgan fingerprint density at radius 3 is 2.10 bits per heavy atom. The molecule has 1 heterocycles. The molecule has 1 aromatic heterocycles. The summed E-state index contributed by atoms with van der Waals surface area (Å²) in [5.41, 5.74) is 2.51. The third-order valence-corrected chi connectivity index (χ3v) is 2.85. The first kappa shape index (κ1) is 14.8. The summed E-state index contributed by atoms with van der Waals surface area (Å²) in [5.74, 6) is -1.63. The van der Waals surface area contributed by atoms with E-state index >= 15 is 0 Å². The highest BCUT2D eigenvalue weighted by molar-refractivity contribution is 6.00. The molecular weight excluding hydrogens is 274 g/mol. The first-order valence-electron chi connectivity index (χ1n) is 6.22. The van der Waals surface area contributed by atoms with Crippen molar-refractivity contribution in [2.24, 2.45) is 0 Å². The highest BCUT2D eigenvalue weighted by Crippen LogP contribution is 2.25. The van der Waals surface area contributed by atoms with Gasteiger partial charge < -0.3 is 13.9 Å². The molecule has 0 saturated carbocycles. The van der Waals surface area contributed by atoms with Crippen molar-refractivity contribution < 1.29 is 23.5 Å². The highest BCUT2D eigenvalue weighted by Gasteiger charge is 2.27. The number of rotatable bonds is 3. The molecule has 21 heavy (non-hydrogen) atoms. The first-order chi connectivity index (χ1) is 9.96. The zero-order valence-corrected chi connectivity index (χ0v) is 12.2. The number of aryl methyl sites for hydroxylation is 2. The van der Waals surface area contributed by atoms with Gasteiger partial charge in [-0.2, -0.15) is 0 Å². The topological polar surface area (TPSA) is 78.6 Å². The lowest BCUT2D eigenvalue weighted by atomic mass is 10.1. The average Bonchev–Trinajstić information content (AvgIpc) is 2.89. The standard InChI is InChI=1S/C15H15NO5/c1-8-5-9(2)7-10(6-8)13-16-11(14(17)19-3)12(21-13)15(18)20-4/h5-7H,1-4H3. The van der Waals surface area contributed by atoms with Crippen LogP contribution in [0.25, 0.3) is 11.5 Å². The summed E-state index contributed by atoms with van der Waals surface area (Å²) in [7, 11) is 2.40. The number of nitrogens with zero attached hydrogens (tertiary/aromatic N) is 1. The zero-order valence-electron chi connectivity index (χ0n) is 12.2. The van der Waals surface area contributed by atoms with E-state index in [-0.39, 0.29) is 17.3 Å². The van der Waals surface area contributed by atoms with Gasteiger partial charge in [0.15, 0.2) is 0 Å². The van der Waals surface area contributed by atoms with Gasteiger partial charge in [0.25, 0.3) is 0 Å². The van der Waals surface area contributed by atoms with Crippen molar-refractivity contribution in [3.8, 4) is 11.5 Å². The van der Waals surface area contributed by atoms with Crippen molar-refractivity contribution in [1.29, 1.82) is 0 Å². The van der Waals surface area contributed by atoms with Gasteiger partial charge in [-0.3, -0.25) is 0 Å². The maximum absolute atomic E-state index is 11.7. The number of aromatic nitrogens is 1. The molecule has 0 bridgehead atoms. The second-order valence-corrected chi connectivity index (χ2v) is 4.56. The third-order valence-electron chi connectivity index (χ3n) is 2.85. The van der Waals surface area contributed by atoms with E-state index in [1.807, 2.05) is 32.0 Å². The molecule has 1 aromatic carbocycles. The third kappa shape index (κ3) is 2.94. The number of ether oxygens (including phenoxy) is 2. The quantitative estimate of drug-likeness (QED) is 0.808. The number of hydrogen-bond donors (Lipinski definition) is 0. The highest BCUT2D eigenvalue weighted by atomic mass is 16.5. The zero-order chi connectivity index (χ0) is 15.6. The Morgan fingerprint density at radius 2 is 1.57 bits per heavy atom. The Bertz CT molecular complexity index is 648. The SMILES string of the molecule is COC(=O)c1nc(-c2cc(C)cc(C)c2)oc1C(=O)OC. The molecule has 0 atom stereocenters. The van der Waals surface area contributed by atoms with Crippen LogP contribution >= 0.6 is 0 Å². The maximum atomic E-state index is 11.7. The molecule has 0 N–H and O–H groups in total. The van der Waals surface area contributed by atoms with Gasteiger partial charge in [-0.1, -0.05) is 17.2 Å². The second-order valence-electron chi connectivity index (χ2n) is 4.56. The van der Waals surface area contributed by atoms with Gasteiger partial charge in [-0.15, -0.1) is 0 Å². The molecule has 2 aromatic rings.